The largest absolute Gasteiger partial charge is 0.135 e. The molecule has 0 bridgehead atoms. The molecule has 250 valence electrons. The summed E-state index contributed by atoms with van der Waals surface area (Å²) in [5.74, 6) is 0. The lowest BCUT2D eigenvalue weighted by Crippen LogP contribution is -1.91. The highest BCUT2D eigenvalue weighted by atomic mass is 32.1. The van der Waals surface area contributed by atoms with Crippen molar-refractivity contribution in [2.45, 2.75) is 0 Å². The Labute approximate surface area is 320 Å². The standard InChI is InChI=1S/C52H30S2/c1-3-19-47-39(13-1)43-17-7-15-37(51(43)53-47)31-21-23-32(24-22-31)45-30-46(42-28-26-34-10-5-9-33-25-27-41(45)50(42)49(33)34)36-12-6-11-35(29-36)38-16-8-18-44-40-14-2-4-20-48(40)54-52(38)44/h1-30H. The van der Waals surface area contributed by atoms with E-state index in [1.165, 1.54) is 117 Å². The topological polar surface area (TPSA) is 0 Å². The second-order valence-corrected chi connectivity index (χ2v) is 16.5. The van der Waals surface area contributed by atoms with Gasteiger partial charge >= 0.3 is 0 Å². The molecule has 0 saturated carbocycles. The van der Waals surface area contributed by atoms with Gasteiger partial charge in [-0.3, -0.25) is 0 Å². The van der Waals surface area contributed by atoms with Gasteiger partial charge in [0.25, 0.3) is 0 Å². The predicted molar refractivity (Wildman–Crippen MR) is 238 cm³/mol. The van der Waals surface area contributed by atoms with E-state index >= 15 is 0 Å². The summed E-state index contributed by atoms with van der Waals surface area (Å²) in [5, 5.41) is 13.2. The average Bonchev–Trinajstić information content (AvgIpc) is 3.82. The van der Waals surface area contributed by atoms with Gasteiger partial charge in [-0.05, 0) is 101 Å². The Kier molecular flexibility index (Phi) is 6.48. The molecule has 2 heteroatoms. The first-order valence-corrected chi connectivity index (χ1v) is 20.1. The first kappa shape index (κ1) is 30.2. The molecule has 10 aromatic carbocycles. The second-order valence-electron chi connectivity index (χ2n) is 14.4. The Balaban J connectivity index is 1.06. The number of thiophene rings is 2. The van der Waals surface area contributed by atoms with Crippen molar-refractivity contribution >= 4 is 95.3 Å². The van der Waals surface area contributed by atoms with E-state index in [4.69, 9.17) is 0 Å². The average molecular weight is 719 g/mol. The van der Waals surface area contributed by atoms with E-state index in [9.17, 15) is 0 Å². The Hall–Kier alpha value is -6.32. The van der Waals surface area contributed by atoms with Gasteiger partial charge in [-0.15, -0.1) is 22.7 Å². The molecular formula is C52H30S2. The van der Waals surface area contributed by atoms with Crippen LogP contribution in [0.1, 0.15) is 0 Å². The number of hydrogen-bond acceptors (Lipinski definition) is 2. The quantitative estimate of drug-likeness (QED) is 0.159. The summed E-state index contributed by atoms with van der Waals surface area (Å²) >= 11 is 3.78. The zero-order valence-electron chi connectivity index (χ0n) is 29.1. The van der Waals surface area contributed by atoms with Crippen LogP contribution in [-0.4, -0.2) is 0 Å². The van der Waals surface area contributed by atoms with Crippen LogP contribution in [0.5, 0.6) is 0 Å². The van der Waals surface area contributed by atoms with E-state index in [-0.39, 0.29) is 0 Å². The number of benzene rings is 10. The monoisotopic (exact) mass is 718 g/mol. The molecule has 0 unspecified atom stereocenters. The Bertz CT molecular complexity index is 3420. The van der Waals surface area contributed by atoms with E-state index in [2.05, 4.69) is 182 Å². The maximum Gasteiger partial charge on any atom is 0.0433 e. The van der Waals surface area contributed by atoms with Crippen molar-refractivity contribution in [2.24, 2.45) is 0 Å². The number of hydrogen-bond donors (Lipinski definition) is 0. The van der Waals surface area contributed by atoms with Crippen LogP contribution >= 0.6 is 22.7 Å². The summed E-state index contributed by atoms with van der Waals surface area (Å²) in [6.45, 7) is 0. The molecule has 0 saturated heterocycles. The SMILES string of the molecule is c1cc(-c2cc(-c3ccc(-c4cccc5c4sc4ccccc45)cc3)c3ccc4cccc5ccc2c3c45)cc(-c2cccc3c2sc2ccccc23)c1. The third-order valence-electron chi connectivity index (χ3n) is 11.4. The molecule has 2 aromatic heterocycles. The fourth-order valence-corrected chi connectivity index (χ4v) is 11.4. The van der Waals surface area contributed by atoms with Crippen LogP contribution in [-0.2, 0) is 0 Å². The fourth-order valence-electron chi connectivity index (χ4n) is 8.94. The van der Waals surface area contributed by atoms with Crippen molar-refractivity contribution in [2.75, 3.05) is 0 Å². The summed E-state index contributed by atoms with van der Waals surface area (Å²) in [7, 11) is 0. The smallest absolute Gasteiger partial charge is 0.0433 e. The molecule has 0 nitrogen and oxygen atoms in total. The van der Waals surface area contributed by atoms with Crippen molar-refractivity contribution in [1.82, 2.24) is 0 Å². The molecule has 0 N–H and O–H groups in total. The maximum absolute atomic E-state index is 2.45. The zero-order valence-corrected chi connectivity index (χ0v) is 30.8. The molecular weight excluding hydrogens is 689 g/mol. The minimum absolute atomic E-state index is 1.23. The van der Waals surface area contributed by atoms with Crippen LogP contribution in [0, 0.1) is 0 Å². The van der Waals surface area contributed by atoms with Crippen LogP contribution in [0.25, 0.3) is 117 Å². The van der Waals surface area contributed by atoms with Gasteiger partial charge in [-0.1, -0.05) is 158 Å². The third-order valence-corrected chi connectivity index (χ3v) is 13.9. The van der Waals surface area contributed by atoms with Crippen LogP contribution in [0.3, 0.4) is 0 Å². The molecule has 54 heavy (non-hydrogen) atoms. The van der Waals surface area contributed by atoms with Gasteiger partial charge in [0.05, 0.1) is 0 Å². The number of rotatable bonds is 4. The minimum Gasteiger partial charge on any atom is -0.135 e. The number of fused-ring (bicyclic) bond motifs is 6. The predicted octanol–water partition coefficient (Wildman–Crippen LogP) is 16.0. The van der Waals surface area contributed by atoms with Gasteiger partial charge in [0.2, 0.25) is 0 Å². The highest BCUT2D eigenvalue weighted by Gasteiger charge is 2.18. The fraction of sp³-hybridized carbons (Fsp3) is 0. The van der Waals surface area contributed by atoms with Gasteiger partial charge in [0, 0.05) is 40.3 Å². The molecule has 0 atom stereocenters. The highest BCUT2D eigenvalue weighted by molar-refractivity contribution is 7.26. The first-order valence-electron chi connectivity index (χ1n) is 18.5. The highest BCUT2D eigenvalue weighted by Crippen LogP contribution is 2.46. The van der Waals surface area contributed by atoms with E-state index in [0.29, 0.717) is 0 Å². The van der Waals surface area contributed by atoms with Crippen LogP contribution < -0.4 is 0 Å². The van der Waals surface area contributed by atoms with Crippen LogP contribution in [0.15, 0.2) is 182 Å². The van der Waals surface area contributed by atoms with Gasteiger partial charge in [-0.2, -0.15) is 0 Å². The lowest BCUT2D eigenvalue weighted by molar-refractivity contribution is 1.62. The van der Waals surface area contributed by atoms with Crippen molar-refractivity contribution in [3.8, 4) is 44.5 Å². The first-order chi connectivity index (χ1) is 26.8. The van der Waals surface area contributed by atoms with Gasteiger partial charge in [0.15, 0.2) is 0 Å². The summed E-state index contributed by atoms with van der Waals surface area (Å²) in [4.78, 5) is 0. The van der Waals surface area contributed by atoms with Crippen LogP contribution in [0.2, 0.25) is 0 Å². The van der Waals surface area contributed by atoms with Gasteiger partial charge in [0.1, 0.15) is 0 Å². The summed E-state index contributed by atoms with van der Waals surface area (Å²) in [6.07, 6.45) is 0. The molecule has 0 aliphatic heterocycles. The Morgan fingerprint density at radius 3 is 1.33 bits per heavy atom. The van der Waals surface area contributed by atoms with Gasteiger partial charge < -0.3 is 0 Å². The van der Waals surface area contributed by atoms with E-state index < -0.39 is 0 Å². The molecule has 12 rings (SSSR count). The summed E-state index contributed by atoms with van der Waals surface area (Å²) in [5.41, 5.74) is 10.1. The minimum atomic E-state index is 1.23. The molecule has 0 fully saturated rings. The zero-order chi connectivity index (χ0) is 35.3. The molecule has 0 aliphatic rings. The molecule has 0 amide bonds. The normalized spacial score (nSPS) is 12.1. The Morgan fingerprint density at radius 2 is 0.722 bits per heavy atom. The van der Waals surface area contributed by atoms with Gasteiger partial charge in [-0.25, -0.2) is 0 Å². The third kappa shape index (κ3) is 4.42. The van der Waals surface area contributed by atoms with Crippen molar-refractivity contribution in [1.29, 1.82) is 0 Å². The molecule has 0 radical (unpaired) electrons. The van der Waals surface area contributed by atoms with Crippen molar-refractivity contribution in [3.05, 3.63) is 182 Å². The van der Waals surface area contributed by atoms with Crippen molar-refractivity contribution in [3.63, 3.8) is 0 Å². The van der Waals surface area contributed by atoms with E-state index in [1.807, 2.05) is 22.7 Å². The molecule has 0 spiro atoms. The molecule has 0 aliphatic carbocycles. The second kappa shape index (κ2) is 11.6. The van der Waals surface area contributed by atoms with Crippen molar-refractivity contribution < 1.29 is 0 Å². The van der Waals surface area contributed by atoms with E-state index in [1.54, 1.807) is 0 Å². The molecule has 2 heterocycles. The lowest BCUT2D eigenvalue weighted by Gasteiger charge is -2.19. The summed E-state index contributed by atoms with van der Waals surface area (Å²) < 4.78 is 5.36. The van der Waals surface area contributed by atoms with E-state index in [0.717, 1.165) is 0 Å². The maximum atomic E-state index is 2.45. The Morgan fingerprint density at radius 1 is 0.259 bits per heavy atom. The summed E-state index contributed by atoms with van der Waals surface area (Å²) in [6, 6.07) is 67.9. The lowest BCUT2D eigenvalue weighted by atomic mass is 9.85. The van der Waals surface area contributed by atoms with Crippen LogP contribution in [0.4, 0.5) is 0 Å². The molecule has 12 aromatic rings.